The van der Waals surface area contributed by atoms with Crippen molar-refractivity contribution in [1.82, 2.24) is 9.97 Å². The maximum absolute atomic E-state index is 13.0. The molecule has 3 rings (SSSR count). The molecule has 2 heterocycles. The van der Waals surface area contributed by atoms with Crippen molar-refractivity contribution in [3.63, 3.8) is 0 Å². The minimum absolute atomic E-state index is 0.213. The van der Waals surface area contributed by atoms with Crippen molar-refractivity contribution in [1.29, 1.82) is 0 Å². The van der Waals surface area contributed by atoms with Crippen LogP contribution in [0.2, 0.25) is 0 Å². The lowest BCUT2D eigenvalue weighted by molar-refractivity contribution is -0.137. The van der Waals surface area contributed by atoms with E-state index in [1.54, 1.807) is 13.0 Å². The van der Waals surface area contributed by atoms with Crippen molar-refractivity contribution in [2.75, 3.05) is 29.9 Å². The summed E-state index contributed by atoms with van der Waals surface area (Å²) < 4.78 is 44.5. The molecule has 0 radical (unpaired) electrons. The molecule has 1 aromatic carbocycles. The molecule has 1 atom stereocenters. The highest BCUT2D eigenvalue weighted by atomic mass is 19.4. The van der Waals surface area contributed by atoms with Gasteiger partial charge in [0.15, 0.2) is 6.61 Å². The lowest BCUT2D eigenvalue weighted by atomic mass is 10.0. The largest absolute Gasteiger partial charge is 0.467 e. The Hall–Kier alpha value is -2.84. The molecule has 156 valence electrons. The standard InChI is InChI=1S/C20H23F3N4O2/c1-13-6-5-9-27(11-13)19-24-14(2)10-18(26-19)29-12-17(28)25-16-8-4-3-7-15(16)20(21,22)23/h3-4,7-8,10,13H,5-6,9,11-12H2,1-2H3,(H,25,28)/t13-/m0/s1. The second kappa shape index (κ2) is 8.67. The summed E-state index contributed by atoms with van der Waals surface area (Å²) in [4.78, 5) is 23.0. The summed E-state index contributed by atoms with van der Waals surface area (Å²) >= 11 is 0. The first-order valence-electron chi connectivity index (χ1n) is 9.42. The Morgan fingerprint density at radius 2 is 2.07 bits per heavy atom. The second-order valence-electron chi connectivity index (χ2n) is 7.22. The van der Waals surface area contributed by atoms with E-state index in [2.05, 4.69) is 27.1 Å². The van der Waals surface area contributed by atoms with E-state index in [0.29, 0.717) is 17.6 Å². The van der Waals surface area contributed by atoms with E-state index in [0.717, 1.165) is 32.0 Å². The maximum atomic E-state index is 13.0. The number of aromatic nitrogens is 2. The molecule has 6 nitrogen and oxygen atoms in total. The molecule has 2 aromatic rings. The number of benzene rings is 1. The lowest BCUT2D eigenvalue weighted by Crippen LogP contribution is -2.35. The minimum Gasteiger partial charge on any atom is -0.467 e. The zero-order valence-corrected chi connectivity index (χ0v) is 16.3. The Morgan fingerprint density at radius 3 is 2.79 bits per heavy atom. The number of para-hydroxylation sites is 1. The van der Waals surface area contributed by atoms with Crippen LogP contribution in [0.15, 0.2) is 30.3 Å². The van der Waals surface area contributed by atoms with E-state index < -0.39 is 24.3 Å². The smallest absolute Gasteiger partial charge is 0.418 e. The molecule has 0 unspecified atom stereocenters. The molecule has 1 aliphatic rings. The number of aryl methyl sites for hydroxylation is 1. The van der Waals surface area contributed by atoms with Crippen LogP contribution in [0.4, 0.5) is 24.8 Å². The van der Waals surface area contributed by atoms with Crippen molar-refractivity contribution in [3.05, 3.63) is 41.6 Å². The van der Waals surface area contributed by atoms with Crippen LogP contribution in [-0.2, 0) is 11.0 Å². The Balaban J connectivity index is 1.65. The Bertz CT molecular complexity index is 873. The van der Waals surface area contributed by atoms with Crippen LogP contribution in [0.1, 0.15) is 31.0 Å². The van der Waals surface area contributed by atoms with Gasteiger partial charge in [0.1, 0.15) is 0 Å². The fourth-order valence-corrected chi connectivity index (χ4v) is 3.28. The Kier molecular flexibility index (Phi) is 6.24. The molecular formula is C20H23F3N4O2. The summed E-state index contributed by atoms with van der Waals surface area (Å²) in [7, 11) is 0. The van der Waals surface area contributed by atoms with Gasteiger partial charge in [-0.2, -0.15) is 18.2 Å². The van der Waals surface area contributed by atoms with Gasteiger partial charge in [0.2, 0.25) is 11.8 Å². The first-order chi connectivity index (χ1) is 13.7. The third-order valence-corrected chi connectivity index (χ3v) is 4.62. The maximum Gasteiger partial charge on any atom is 0.418 e. The number of rotatable bonds is 5. The Morgan fingerprint density at radius 1 is 1.31 bits per heavy atom. The SMILES string of the molecule is Cc1cc(OCC(=O)Nc2ccccc2C(F)(F)F)nc(N2CCC[C@H](C)C2)n1. The highest BCUT2D eigenvalue weighted by molar-refractivity contribution is 5.92. The van der Waals surface area contributed by atoms with E-state index in [4.69, 9.17) is 4.74 Å². The third-order valence-electron chi connectivity index (χ3n) is 4.62. The number of anilines is 2. The molecule has 9 heteroatoms. The van der Waals surface area contributed by atoms with Gasteiger partial charge >= 0.3 is 6.18 Å². The molecule has 1 N–H and O–H groups in total. The van der Waals surface area contributed by atoms with E-state index in [9.17, 15) is 18.0 Å². The number of ether oxygens (including phenoxy) is 1. The van der Waals surface area contributed by atoms with Crippen molar-refractivity contribution in [2.24, 2.45) is 5.92 Å². The van der Waals surface area contributed by atoms with Crippen LogP contribution in [0.25, 0.3) is 0 Å². The zero-order chi connectivity index (χ0) is 21.0. The van der Waals surface area contributed by atoms with Gasteiger partial charge in [0.05, 0.1) is 11.3 Å². The summed E-state index contributed by atoms with van der Waals surface area (Å²) in [5.74, 6) is 0.585. The lowest BCUT2D eigenvalue weighted by Gasteiger charge is -2.31. The molecule has 0 saturated carbocycles. The number of halogens is 3. The predicted octanol–water partition coefficient (Wildman–Crippen LogP) is 4.06. The highest BCUT2D eigenvalue weighted by Gasteiger charge is 2.33. The number of hydrogen-bond donors (Lipinski definition) is 1. The number of nitrogens with one attached hydrogen (secondary N) is 1. The number of nitrogens with zero attached hydrogens (tertiary/aromatic N) is 3. The number of carbonyl (C=O) groups excluding carboxylic acids is 1. The van der Waals surface area contributed by atoms with E-state index in [1.165, 1.54) is 18.2 Å². The van der Waals surface area contributed by atoms with Gasteiger partial charge in [0, 0.05) is 24.8 Å². The summed E-state index contributed by atoms with van der Waals surface area (Å²) in [6, 6.07) is 6.39. The van der Waals surface area contributed by atoms with Crippen molar-refractivity contribution < 1.29 is 22.7 Å². The normalized spacial score (nSPS) is 17.1. The van der Waals surface area contributed by atoms with Crippen LogP contribution in [-0.4, -0.2) is 35.6 Å². The van der Waals surface area contributed by atoms with Gasteiger partial charge in [-0.25, -0.2) is 4.98 Å². The first kappa shape index (κ1) is 20.9. The van der Waals surface area contributed by atoms with Crippen LogP contribution in [0.5, 0.6) is 5.88 Å². The number of amides is 1. The summed E-state index contributed by atoms with van der Waals surface area (Å²) in [5, 5.41) is 2.25. The van der Waals surface area contributed by atoms with Crippen LogP contribution >= 0.6 is 0 Å². The van der Waals surface area contributed by atoms with Crippen LogP contribution in [0, 0.1) is 12.8 Å². The molecule has 1 fully saturated rings. The summed E-state index contributed by atoms with van der Waals surface area (Å²) in [6.45, 7) is 5.20. The molecule has 1 saturated heterocycles. The minimum atomic E-state index is -4.56. The molecule has 0 aliphatic carbocycles. The van der Waals surface area contributed by atoms with Gasteiger partial charge in [0.25, 0.3) is 5.91 Å². The van der Waals surface area contributed by atoms with E-state index >= 15 is 0 Å². The predicted molar refractivity (Wildman–Crippen MR) is 103 cm³/mol. The fourth-order valence-electron chi connectivity index (χ4n) is 3.28. The second-order valence-corrected chi connectivity index (χ2v) is 7.22. The van der Waals surface area contributed by atoms with Crippen LogP contribution < -0.4 is 15.0 Å². The summed E-state index contributed by atoms with van der Waals surface area (Å²) in [6.07, 6.45) is -2.35. The van der Waals surface area contributed by atoms with Crippen molar-refractivity contribution in [2.45, 2.75) is 32.9 Å². The van der Waals surface area contributed by atoms with Crippen molar-refractivity contribution in [3.8, 4) is 5.88 Å². The quantitative estimate of drug-likeness (QED) is 0.808. The first-order valence-corrected chi connectivity index (χ1v) is 9.42. The molecule has 1 aliphatic heterocycles. The monoisotopic (exact) mass is 408 g/mol. The number of piperidine rings is 1. The topological polar surface area (TPSA) is 67.3 Å². The third kappa shape index (κ3) is 5.58. The van der Waals surface area contributed by atoms with Crippen LogP contribution in [0.3, 0.4) is 0 Å². The highest BCUT2D eigenvalue weighted by Crippen LogP contribution is 2.34. The van der Waals surface area contributed by atoms with E-state index in [1.807, 2.05) is 0 Å². The summed E-state index contributed by atoms with van der Waals surface area (Å²) in [5.41, 5.74) is -0.533. The number of alkyl halides is 3. The van der Waals surface area contributed by atoms with E-state index in [-0.39, 0.29) is 11.6 Å². The van der Waals surface area contributed by atoms with Gasteiger partial charge in [-0.15, -0.1) is 0 Å². The molecule has 1 amide bonds. The molecule has 29 heavy (non-hydrogen) atoms. The Labute approximate surface area is 167 Å². The van der Waals surface area contributed by atoms with Gasteiger partial charge in [-0.1, -0.05) is 19.1 Å². The molecule has 1 aromatic heterocycles. The van der Waals surface area contributed by atoms with Gasteiger partial charge in [-0.3, -0.25) is 4.79 Å². The molecule has 0 bridgehead atoms. The molecule has 0 spiro atoms. The molecular weight excluding hydrogens is 385 g/mol. The average molecular weight is 408 g/mol. The van der Waals surface area contributed by atoms with Gasteiger partial charge < -0.3 is 15.0 Å². The zero-order valence-electron chi connectivity index (χ0n) is 16.3. The van der Waals surface area contributed by atoms with Crippen molar-refractivity contribution >= 4 is 17.5 Å². The average Bonchev–Trinajstić information content (AvgIpc) is 2.65. The fraction of sp³-hybridized carbons (Fsp3) is 0.450. The number of carbonyl (C=O) groups is 1. The number of hydrogen-bond acceptors (Lipinski definition) is 5. The van der Waals surface area contributed by atoms with Gasteiger partial charge in [-0.05, 0) is 37.8 Å².